The normalized spacial score (nSPS) is 10.7. The van der Waals surface area contributed by atoms with Crippen LogP contribution in [0.3, 0.4) is 0 Å². The first-order valence-electron chi connectivity index (χ1n) is 9.90. The maximum absolute atomic E-state index is 5.53. The van der Waals surface area contributed by atoms with Crippen LogP contribution >= 0.6 is 12.2 Å². The molecular formula is C23H22N6S. The Bertz CT molecular complexity index is 1160. The second-order valence-electron chi connectivity index (χ2n) is 6.66. The number of rotatable bonds is 5. The Balaban J connectivity index is 1.81. The van der Waals surface area contributed by atoms with Crippen LogP contribution in [0.5, 0.6) is 0 Å². The van der Waals surface area contributed by atoms with E-state index >= 15 is 0 Å². The quantitative estimate of drug-likeness (QED) is 0.471. The van der Waals surface area contributed by atoms with Crippen molar-refractivity contribution in [2.45, 2.75) is 13.8 Å². The highest BCUT2D eigenvalue weighted by Crippen LogP contribution is 2.29. The molecule has 1 N–H and O–H groups in total. The summed E-state index contributed by atoms with van der Waals surface area (Å²) in [5.74, 6) is 0. The molecule has 0 spiro atoms. The molecule has 150 valence electrons. The highest BCUT2D eigenvalue weighted by Gasteiger charge is 2.15. The summed E-state index contributed by atoms with van der Waals surface area (Å²) in [4.78, 5) is 20.8. The van der Waals surface area contributed by atoms with Crippen LogP contribution in [0.2, 0.25) is 0 Å². The maximum atomic E-state index is 5.53. The Kier molecular flexibility index (Phi) is 5.90. The standard InChI is InChI=1S/C23H22N6S/c1-3-29(4-2)23(30)26-16-11-12-17-20(15-16)28-22(19-10-6-8-14-25-19)21(27-17)18-9-5-7-13-24-18/h5-15H,3-4H2,1-2H3,(H,26,30). The van der Waals surface area contributed by atoms with Gasteiger partial charge in [-0.1, -0.05) is 12.1 Å². The monoisotopic (exact) mass is 414 g/mol. The molecule has 0 aliphatic carbocycles. The highest BCUT2D eigenvalue weighted by molar-refractivity contribution is 7.80. The zero-order valence-corrected chi connectivity index (χ0v) is 17.7. The summed E-state index contributed by atoms with van der Waals surface area (Å²) in [6.07, 6.45) is 3.51. The molecule has 6 nitrogen and oxygen atoms in total. The number of thiocarbonyl (C=S) groups is 1. The van der Waals surface area contributed by atoms with Crippen molar-refractivity contribution in [3.8, 4) is 22.8 Å². The average molecular weight is 415 g/mol. The SMILES string of the molecule is CCN(CC)C(=S)Nc1ccc2nc(-c3ccccn3)c(-c3ccccn3)nc2c1. The summed E-state index contributed by atoms with van der Waals surface area (Å²) >= 11 is 5.53. The molecule has 0 saturated carbocycles. The van der Waals surface area contributed by atoms with Gasteiger partial charge >= 0.3 is 0 Å². The van der Waals surface area contributed by atoms with E-state index in [2.05, 4.69) is 34.0 Å². The fraction of sp³-hybridized carbons (Fsp3) is 0.174. The van der Waals surface area contributed by atoms with Gasteiger partial charge in [0.05, 0.1) is 22.4 Å². The summed E-state index contributed by atoms with van der Waals surface area (Å²) < 4.78 is 0. The number of nitrogens with one attached hydrogen (secondary N) is 1. The average Bonchev–Trinajstić information content (AvgIpc) is 2.80. The van der Waals surface area contributed by atoms with Crippen molar-refractivity contribution in [1.29, 1.82) is 0 Å². The Morgan fingerprint density at radius 3 is 1.97 bits per heavy atom. The molecule has 0 bridgehead atoms. The van der Waals surface area contributed by atoms with E-state index in [1.807, 2.05) is 54.6 Å². The number of nitrogens with zero attached hydrogens (tertiary/aromatic N) is 5. The first-order chi connectivity index (χ1) is 14.7. The predicted molar refractivity (Wildman–Crippen MR) is 125 cm³/mol. The van der Waals surface area contributed by atoms with Crippen molar-refractivity contribution >= 4 is 34.1 Å². The van der Waals surface area contributed by atoms with E-state index < -0.39 is 0 Å². The van der Waals surface area contributed by atoms with Gasteiger partial charge in [0.2, 0.25) is 0 Å². The summed E-state index contributed by atoms with van der Waals surface area (Å²) in [6, 6.07) is 17.4. The fourth-order valence-corrected chi connectivity index (χ4v) is 3.58. The molecule has 1 aromatic carbocycles. The van der Waals surface area contributed by atoms with Gasteiger partial charge in [-0.15, -0.1) is 0 Å². The van der Waals surface area contributed by atoms with Crippen LogP contribution in [0.25, 0.3) is 33.8 Å². The lowest BCUT2D eigenvalue weighted by atomic mass is 10.1. The van der Waals surface area contributed by atoms with E-state index in [0.29, 0.717) is 16.5 Å². The number of fused-ring (bicyclic) bond motifs is 1. The number of anilines is 1. The van der Waals surface area contributed by atoms with Gasteiger partial charge in [-0.2, -0.15) is 0 Å². The van der Waals surface area contributed by atoms with Gasteiger partial charge in [0.15, 0.2) is 5.11 Å². The number of pyridine rings is 2. The molecule has 0 atom stereocenters. The maximum Gasteiger partial charge on any atom is 0.173 e. The molecular weight excluding hydrogens is 392 g/mol. The van der Waals surface area contributed by atoms with Crippen molar-refractivity contribution in [1.82, 2.24) is 24.8 Å². The van der Waals surface area contributed by atoms with E-state index in [4.69, 9.17) is 22.2 Å². The zero-order chi connectivity index (χ0) is 20.9. The van der Waals surface area contributed by atoms with Gasteiger partial charge in [0.1, 0.15) is 11.4 Å². The summed E-state index contributed by atoms with van der Waals surface area (Å²) in [5, 5.41) is 4.00. The molecule has 3 heterocycles. The fourth-order valence-electron chi connectivity index (χ4n) is 3.21. The van der Waals surface area contributed by atoms with Crippen LogP contribution in [0.4, 0.5) is 5.69 Å². The van der Waals surface area contributed by atoms with Gasteiger partial charge in [-0.3, -0.25) is 9.97 Å². The summed E-state index contributed by atoms with van der Waals surface area (Å²) in [7, 11) is 0. The van der Waals surface area contributed by atoms with Crippen LogP contribution in [0.15, 0.2) is 67.0 Å². The van der Waals surface area contributed by atoms with Crippen molar-refractivity contribution in [2.24, 2.45) is 0 Å². The molecule has 0 amide bonds. The number of hydrogen-bond acceptors (Lipinski definition) is 5. The minimum Gasteiger partial charge on any atom is -0.350 e. The third kappa shape index (κ3) is 4.11. The molecule has 4 rings (SSSR count). The second-order valence-corrected chi connectivity index (χ2v) is 7.04. The molecule has 4 aromatic rings. The van der Waals surface area contributed by atoms with Crippen LogP contribution in [-0.2, 0) is 0 Å². The Morgan fingerprint density at radius 2 is 1.43 bits per heavy atom. The Labute approximate surface area is 181 Å². The minimum absolute atomic E-state index is 0.697. The van der Waals surface area contributed by atoms with E-state index in [1.54, 1.807) is 12.4 Å². The molecule has 0 saturated heterocycles. The lowest BCUT2D eigenvalue weighted by Crippen LogP contribution is -2.34. The third-order valence-corrected chi connectivity index (χ3v) is 5.14. The summed E-state index contributed by atoms with van der Waals surface area (Å²) in [5.41, 5.74) is 5.36. The molecule has 30 heavy (non-hydrogen) atoms. The van der Waals surface area contributed by atoms with Crippen LogP contribution in [0.1, 0.15) is 13.8 Å². The molecule has 3 aromatic heterocycles. The predicted octanol–water partition coefficient (Wildman–Crippen LogP) is 4.79. The lowest BCUT2D eigenvalue weighted by molar-refractivity contribution is 0.473. The van der Waals surface area contributed by atoms with Crippen molar-refractivity contribution in [3.63, 3.8) is 0 Å². The minimum atomic E-state index is 0.697. The molecule has 0 aliphatic rings. The largest absolute Gasteiger partial charge is 0.350 e. The van der Waals surface area contributed by atoms with E-state index in [9.17, 15) is 0 Å². The van der Waals surface area contributed by atoms with Gasteiger partial charge in [0, 0.05) is 31.2 Å². The van der Waals surface area contributed by atoms with Gasteiger partial charge < -0.3 is 10.2 Å². The van der Waals surface area contributed by atoms with E-state index in [1.165, 1.54) is 0 Å². The van der Waals surface area contributed by atoms with Crippen LogP contribution in [0, 0.1) is 0 Å². The summed E-state index contributed by atoms with van der Waals surface area (Å²) in [6.45, 7) is 5.88. The first-order valence-corrected chi connectivity index (χ1v) is 10.3. The van der Waals surface area contributed by atoms with E-state index in [-0.39, 0.29) is 0 Å². The molecule has 0 aliphatic heterocycles. The Hall–Kier alpha value is -3.45. The first kappa shape index (κ1) is 19.8. The van der Waals surface area contributed by atoms with Crippen LogP contribution < -0.4 is 5.32 Å². The molecule has 0 unspecified atom stereocenters. The molecule has 0 fully saturated rings. The van der Waals surface area contributed by atoms with Crippen molar-refractivity contribution < 1.29 is 0 Å². The van der Waals surface area contributed by atoms with E-state index in [0.717, 1.165) is 41.2 Å². The van der Waals surface area contributed by atoms with Crippen LogP contribution in [-0.4, -0.2) is 43.0 Å². The van der Waals surface area contributed by atoms with Gasteiger partial charge in [-0.25, -0.2) is 9.97 Å². The zero-order valence-electron chi connectivity index (χ0n) is 16.9. The molecule has 7 heteroatoms. The second kappa shape index (κ2) is 8.92. The third-order valence-electron chi connectivity index (χ3n) is 4.78. The molecule has 0 radical (unpaired) electrons. The number of aromatic nitrogens is 4. The highest BCUT2D eigenvalue weighted by atomic mass is 32.1. The number of hydrogen-bond donors (Lipinski definition) is 1. The number of benzene rings is 1. The van der Waals surface area contributed by atoms with Crippen molar-refractivity contribution in [3.05, 3.63) is 67.0 Å². The van der Waals surface area contributed by atoms with Gasteiger partial charge in [-0.05, 0) is 68.5 Å². The van der Waals surface area contributed by atoms with Gasteiger partial charge in [0.25, 0.3) is 0 Å². The van der Waals surface area contributed by atoms with Crippen molar-refractivity contribution in [2.75, 3.05) is 18.4 Å². The lowest BCUT2D eigenvalue weighted by Gasteiger charge is -2.22. The topological polar surface area (TPSA) is 66.8 Å². The Morgan fingerprint density at radius 1 is 0.833 bits per heavy atom. The smallest absolute Gasteiger partial charge is 0.173 e.